The van der Waals surface area contributed by atoms with Crippen LogP contribution >= 0.6 is 0 Å². The molecule has 9 atom stereocenters. The highest BCUT2D eigenvalue weighted by Gasteiger charge is 2.61. The second-order valence-corrected chi connectivity index (χ2v) is 12.2. The largest absolute Gasteiger partial charge is 0.299 e. The lowest BCUT2D eigenvalue weighted by molar-refractivity contribution is -0.135. The molecule has 29 heavy (non-hydrogen) atoms. The van der Waals surface area contributed by atoms with Gasteiger partial charge in [0.05, 0.1) is 0 Å². The fraction of sp³-hybridized carbons (Fsp3) is 0.885. The third-order valence-electron chi connectivity index (χ3n) is 11.1. The van der Waals surface area contributed by atoms with Crippen LogP contribution in [-0.2, 0) is 9.59 Å². The molecule has 0 radical (unpaired) electrons. The van der Waals surface area contributed by atoms with Crippen LogP contribution in [0.1, 0.15) is 84.5 Å². The van der Waals surface area contributed by atoms with Crippen LogP contribution in [-0.4, -0.2) is 23.8 Å². The highest BCUT2D eigenvalue weighted by atomic mass is 16.1. The maximum Gasteiger partial charge on any atom is 0.139 e. The molecular formula is C26H37NO2. The van der Waals surface area contributed by atoms with E-state index in [2.05, 4.69) is 13.8 Å². The molecule has 0 aromatic carbocycles. The molecule has 0 amide bonds. The molecule has 3 heteroatoms. The summed E-state index contributed by atoms with van der Waals surface area (Å²) in [5.41, 5.74) is 1.56. The predicted molar refractivity (Wildman–Crippen MR) is 114 cm³/mol. The first-order valence-electron chi connectivity index (χ1n) is 12.5. The van der Waals surface area contributed by atoms with E-state index in [1.165, 1.54) is 50.7 Å². The molecule has 0 aromatic heterocycles. The van der Waals surface area contributed by atoms with E-state index in [0.29, 0.717) is 53.5 Å². The second kappa shape index (κ2) is 6.26. The molecule has 6 aliphatic rings. The van der Waals surface area contributed by atoms with E-state index in [1.54, 1.807) is 0 Å². The Morgan fingerprint density at radius 2 is 1.86 bits per heavy atom. The SMILES string of the molecule is C[C@]12CC[C@H]3[C@@H](CN=C4CC(=O)CC[C@@]43C)[C@@H]1CC[C@@H]2C(=O)C1CC2CCC1C2. The summed E-state index contributed by atoms with van der Waals surface area (Å²) in [5.74, 6) is 5.29. The van der Waals surface area contributed by atoms with Crippen LogP contribution in [0, 0.1) is 52.3 Å². The molecule has 5 fully saturated rings. The van der Waals surface area contributed by atoms with E-state index in [-0.39, 0.29) is 10.8 Å². The van der Waals surface area contributed by atoms with Crippen molar-refractivity contribution in [3.63, 3.8) is 0 Å². The van der Waals surface area contributed by atoms with Crippen LogP contribution in [0.5, 0.6) is 0 Å². The molecule has 2 bridgehead atoms. The molecule has 3 unspecified atom stereocenters. The molecule has 0 N–H and O–H groups in total. The van der Waals surface area contributed by atoms with Crippen molar-refractivity contribution in [1.29, 1.82) is 0 Å². The first kappa shape index (κ1) is 18.8. The van der Waals surface area contributed by atoms with Gasteiger partial charge in [-0.25, -0.2) is 0 Å². The van der Waals surface area contributed by atoms with Gasteiger partial charge in [0.15, 0.2) is 0 Å². The van der Waals surface area contributed by atoms with Gasteiger partial charge in [0.25, 0.3) is 0 Å². The van der Waals surface area contributed by atoms with Gasteiger partial charge in [-0.1, -0.05) is 20.3 Å². The van der Waals surface area contributed by atoms with Crippen LogP contribution in [0.4, 0.5) is 0 Å². The van der Waals surface area contributed by atoms with Gasteiger partial charge in [-0.05, 0) is 86.4 Å². The summed E-state index contributed by atoms with van der Waals surface area (Å²) in [7, 11) is 0. The molecule has 158 valence electrons. The van der Waals surface area contributed by atoms with E-state index >= 15 is 0 Å². The normalized spacial score (nSPS) is 53.2. The van der Waals surface area contributed by atoms with Crippen molar-refractivity contribution in [1.82, 2.24) is 0 Å². The Hall–Kier alpha value is -0.990. The minimum Gasteiger partial charge on any atom is -0.299 e. The second-order valence-electron chi connectivity index (χ2n) is 12.2. The van der Waals surface area contributed by atoms with E-state index in [4.69, 9.17) is 4.99 Å². The van der Waals surface area contributed by atoms with Crippen LogP contribution < -0.4 is 0 Å². The quantitative estimate of drug-likeness (QED) is 0.640. The van der Waals surface area contributed by atoms with Gasteiger partial charge in [-0.15, -0.1) is 0 Å². The number of fused-ring (bicyclic) bond motifs is 7. The smallest absolute Gasteiger partial charge is 0.139 e. The van der Waals surface area contributed by atoms with Crippen molar-refractivity contribution in [3.8, 4) is 0 Å². The Labute approximate surface area is 175 Å². The zero-order valence-corrected chi connectivity index (χ0v) is 18.3. The molecule has 0 spiro atoms. The monoisotopic (exact) mass is 395 g/mol. The van der Waals surface area contributed by atoms with Crippen LogP contribution in [0.3, 0.4) is 0 Å². The average molecular weight is 396 g/mol. The van der Waals surface area contributed by atoms with E-state index < -0.39 is 0 Å². The zero-order chi connectivity index (χ0) is 20.0. The third kappa shape index (κ3) is 2.51. The number of aliphatic imine (C=N–C) groups is 1. The molecule has 0 saturated heterocycles. The molecule has 1 heterocycles. The number of carbonyl (C=O) groups excluding carboxylic acids is 2. The Bertz CT molecular complexity index is 786. The standard InChI is InChI=1S/C26H37NO2/c1-25-10-8-21-19(14-27-23-13-17(28)7-9-26(21,23)2)20(25)5-6-22(25)24(29)18-12-15-3-4-16(18)11-15/h15-16,18-22H,3-14H2,1-2H3/t15?,16?,18?,19-,20-,21-,22+,25-,26+/m0/s1. The van der Waals surface area contributed by atoms with E-state index in [9.17, 15) is 9.59 Å². The summed E-state index contributed by atoms with van der Waals surface area (Å²) in [6.45, 7) is 5.80. The highest BCUT2D eigenvalue weighted by molar-refractivity contribution is 6.07. The summed E-state index contributed by atoms with van der Waals surface area (Å²) in [4.78, 5) is 30.8. The average Bonchev–Trinajstić information content (AvgIpc) is 3.41. The molecule has 0 aromatic rings. The number of Topliss-reactive ketones (excluding diaryl/α,β-unsaturated/α-hetero) is 2. The van der Waals surface area contributed by atoms with E-state index in [1.807, 2.05) is 0 Å². The summed E-state index contributed by atoms with van der Waals surface area (Å²) in [5, 5.41) is 0. The first-order chi connectivity index (χ1) is 13.9. The highest BCUT2D eigenvalue weighted by Crippen LogP contribution is 2.65. The van der Waals surface area contributed by atoms with E-state index in [0.717, 1.165) is 31.7 Å². The maximum atomic E-state index is 13.7. The van der Waals surface area contributed by atoms with Crippen molar-refractivity contribution >= 4 is 17.3 Å². The van der Waals surface area contributed by atoms with Crippen molar-refractivity contribution in [2.24, 2.45) is 57.2 Å². The summed E-state index contributed by atoms with van der Waals surface area (Å²) < 4.78 is 0. The number of rotatable bonds is 2. The number of ketones is 2. The van der Waals surface area contributed by atoms with Gasteiger partial charge >= 0.3 is 0 Å². The molecule has 6 rings (SSSR count). The van der Waals surface area contributed by atoms with Crippen molar-refractivity contribution in [3.05, 3.63) is 0 Å². The van der Waals surface area contributed by atoms with Gasteiger partial charge in [0.1, 0.15) is 11.6 Å². The fourth-order valence-corrected chi connectivity index (χ4v) is 9.52. The zero-order valence-electron chi connectivity index (χ0n) is 18.3. The Morgan fingerprint density at radius 3 is 2.62 bits per heavy atom. The van der Waals surface area contributed by atoms with Gasteiger partial charge in [-0.3, -0.25) is 14.6 Å². The van der Waals surface area contributed by atoms with Gasteiger partial charge < -0.3 is 0 Å². The molecular weight excluding hydrogens is 358 g/mol. The van der Waals surface area contributed by atoms with Crippen molar-refractivity contribution in [2.75, 3.05) is 6.54 Å². The molecule has 3 nitrogen and oxygen atoms in total. The number of carbonyl (C=O) groups is 2. The summed E-state index contributed by atoms with van der Waals surface area (Å²) in [6, 6.07) is 0. The Kier molecular flexibility index (Phi) is 4.05. The molecule has 5 saturated carbocycles. The number of hydrogen-bond donors (Lipinski definition) is 0. The van der Waals surface area contributed by atoms with Crippen LogP contribution in [0.15, 0.2) is 4.99 Å². The van der Waals surface area contributed by atoms with Crippen LogP contribution in [0.25, 0.3) is 0 Å². The van der Waals surface area contributed by atoms with Crippen molar-refractivity contribution < 1.29 is 9.59 Å². The first-order valence-corrected chi connectivity index (χ1v) is 12.5. The molecule has 5 aliphatic carbocycles. The van der Waals surface area contributed by atoms with Crippen LogP contribution in [0.2, 0.25) is 0 Å². The lowest BCUT2D eigenvalue weighted by Crippen LogP contribution is -2.55. The lowest BCUT2D eigenvalue weighted by atomic mass is 9.49. The number of nitrogens with zero attached hydrogens (tertiary/aromatic N) is 1. The maximum absolute atomic E-state index is 13.7. The Morgan fingerprint density at radius 1 is 1.00 bits per heavy atom. The lowest BCUT2D eigenvalue weighted by Gasteiger charge is -2.56. The Balaban J connectivity index is 1.26. The minimum atomic E-state index is 0.144. The summed E-state index contributed by atoms with van der Waals surface area (Å²) in [6.07, 6.45) is 12.4. The number of hydrogen-bond acceptors (Lipinski definition) is 3. The van der Waals surface area contributed by atoms with Crippen molar-refractivity contribution in [2.45, 2.75) is 84.5 Å². The predicted octanol–water partition coefficient (Wildman–Crippen LogP) is 5.26. The van der Waals surface area contributed by atoms with Gasteiger partial charge in [0.2, 0.25) is 0 Å². The summed E-state index contributed by atoms with van der Waals surface area (Å²) >= 11 is 0. The fourth-order valence-electron chi connectivity index (χ4n) is 9.52. The third-order valence-corrected chi connectivity index (χ3v) is 11.1. The van der Waals surface area contributed by atoms with Gasteiger partial charge in [-0.2, -0.15) is 0 Å². The van der Waals surface area contributed by atoms with Gasteiger partial charge in [0, 0.05) is 42.3 Å². The topological polar surface area (TPSA) is 46.5 Å². The molecule has 1 aliphatic heterocycles. The minimum absolute atomic E-state index is 0.144.